The minimum absolute atomic E-state index is 0.0706. The van der Waals surface area contributed by atoms with Crippen LogP contribution in [0.2, 0.25) is 0 Å². The van der Waals surface area contributed by atoms with Gasteiger partial charge in [0.1, 0.15) is 24.7 Å². The van der Waals surface area contributed by atoms with Crippen LogP contribution < -0.4 is 10.4 Å². The molecule has 1 aromatic rings. The molecule has 166 valence electrons. The molecule has 1 amide bonds. The van der Waals surface area contributed by atoms with Crippen LogP contribution in [0.15, 0.2) is 24.0 Å². The molecule has 1 aliphatic heterocycles. The van der Waals surface area contributed by atoms with Crippen molar-refractivity contribution >= 4 is 17.7 Å². The number of aromatic hydroxyl groups is 1. The SMILES string of the molecule is CC(C)(C)c1cc(N2CC=C(CCOC(=O)NCC(=O)O)O2)cc(C(C)(C)C)c1O. The average Bonchev–Trinajstić information content (AvgIpc) is 3.07. The summed E-state index contributed by atoms with van der Waals surface area (Å²) >= 11 is 0. The maximum Gasteiger partial charge on any atom is 0.407 e. The quantitative estimate of drug-likeness (QED) is 0.642. The molecule has 1 aliphatic rings. The summed E-state index contributed by atoms with van der Waals surface area (Å²) in [6, 6.07) is 3.88. The molecule has 1 heterocycles. The van der Waals surface area contributed by atoms with Gasteiger partial charge in [-0.2, -0.15) is 0 Å². The van der Waals surface area contributed by atoms with Crippen molar-refractivity contribution in [2.45, 2.75) is 58.8 Å². The van der Waals surface area contributed by atoms with Crippen LogP contribution in [0.1, 0.15) is 59.1 Å². The van der Waals surface area contributed by atoms with Crippen LogP contribution in [0.3, 0.4) is 0 Å². The zero-order chi connectivity index (χ0) is 22.7. The van der Waals surface area contributed by atoms with E-state index in [0.717, 1.165) is 16.8 Å². The Balaban J connectivity index is 2.06. The van der Waals surface area contributed by atoms with Crippen molar-refractivity contribution in [1.29, 1.82) is 0 Å². The lowest BCUT2D eigenvalue weighted by atomic mass is 9.79. The topological polar surface area (TPSA) is 108 Å². The van der Waals surface area contributed by atoms with Crippen molar-refractivity contribution in [2.75, 3.05) is 24.8 Å². The van der Waals surface area contributed by atoms with E-state index in [2.05, 4.69) is 46.9 Å². The van der Waals surface area contributed by atoms with Gasteiger partial charge in [0.05, 0.1) is 12.2 Å². The van der Waals surface area contributed by atoms with Crippen molar-refractivity contribution in [3.63, 3.8) is 0 Å². The van der Waals surface area contributed by atoms with Crippen LogP contribution in [-0.2, 0) is 25.2 Å². The third kappa shape index (κ3) is 6.05. The summed E-state index contributed by atoms with van der Waals surface area (Å²) in [7, 11) is 0. The Labute approximate surface area is 177 Å². The van der Waals surface area contributed by atoms with Crippen LogP contribution in [0.4, 0.5) is 10.5 Å². The van der Waals surface area contributed by atoms with Crippen molar-refractivity contribution < 1.29 is 29.4 Å². The molecule has 8 heteroatoms. The minimum Gasteiger partial charge on any atom is -0.507 e. The van der Waals surface area contributed by atoms with E-state index in [9.17, 15) is 14.7 Å². The van der Waals surface area contributed by atoms with Gasteiger partial charge < -0.3 is 25.1 Å². The van der Waals surface area contributed by atoms with Gasteiger partial charge in [-0.3, -0.25) is 4.79 Å². The lowest BCUT2D eigenvalue weighted by Crippen LogP contribution is -2.30. The second-order valence-electron chi connectivity index (χ2n) is 9.35. The third-order valence-electron chi connectivity index (χ3n) is 4.68. The second kappa shape index (κ2) is 8.85. The number of carbonyl (C=O) groups is 2. The first-order chi connectivity index (χ1) is 13.8. The Bertz CT molecular complexity index is 798. The highest BCUT2D eigenvalue weighted by molar-refractivity contribution is 5.76. The predicted molar refractivity (Wildman–Crippen MR) is 114 cm³/mol. The summed E-state index contributed by atoms with van der Waals surface area (Å²) in [6.07, 6.45) is 1.49. The molecule has 0 fully saturated rings. The van der Waals surface area contributed by atoms with Crippen molar-refractivity contribution in [3.05, 3.63) is 35.1 Å². The monoisotopic (exact) mass is 420 g/mol. The number of nitrogens with one attached hydrogen (secondary N) is 1. The Hall–Kier alpha value is -2.90. The lowest BCUT2D eigenvalue weighted by molar-refractivity contribution is -0.135. The number of phenolic OH excluding ortho intramolecular Hbond substituents is 1. The van der Waals surface area contributed by atoms with Crippen LogP contribution in [0.25, 0.3) is 0 Å². The summed E-state index contributed by atoms with van der Waals surface area (Å²) in [5.41, 5.74) is 2.05. The Morgan fingerprint density at radius 1 is 1.13 bits per heavy atom. The molecule has 0 bridgehead atoms. The summed E-state index contributed by atoms with van der Waals surface area (Å²) in [5, 5.41) is 23.3. The summed E-state index contributed by atoms with van der Waals surface area (Å²) in [5.74, 6) is -0.168. The molecule has 8 nitrogen and oxygen atoms in total. The molecular weight excluding hydrogens is 388 g/mol. The van der Waals surface area contributed by atoms with Crippen molar-refractivity contribution in [3.8, 4) is 5.75 Å². The molecule has 0 unspecified atom stereocenters. The third-order valence-corrected chi connectivity index (χ3v) is 4.68. The number of benzene rings is 1. The number of aliphatic carboxylic acids is 1. The van der Waals surface area contributed by atoms with Crippen LogP contribution >= 0.6 is 0 Å². The van der Waals surface area contributed by atoms with E-state index in [1.807, 2.05) is 18.2 Å². The molecule has 1 aromatic carbocycles. The molecule has 30 heavy (non-hydrogen) atoms. The minimum atomic E-state index is -1.14. The normalized spacial score (nSPS) is 14.2. The van der Waals surface area contributed by atoms with Gasteiger partial charge in [0, 0.05) is 17.5 Å². The highest BCUT2D eigenvalue weighted by Crippen LogP contribution is 2.42. The largest absolute Gasteiger partial charge is 0.507 e. The number of anilines is 1. The fourth-order valence-corrected chi connectivity index (χ4v) is 3.06. The lowest BCUT2D eigenvalue weighted by Gasteiger charge is -2.30. The van der Waals surface area contributed by atoms with Gasteiger partial charge in [-0.15, -0.1) is 0 Å². The molecule has 0 aliphatic carbocycles. The number of nitrogens with zero attached hydrogens (tertiary/aromatic N) is 1. The van der Waals surface area contributed by atoms with Gasteiger partial charge in [-0.05, 0) is 29.0 Å². The molecule has 2 rings (SSSR count). The first kappa shape index (κ1) is 23.4. The van der Waals surface area contributed by atoms with Crippen LogP contribution in [0.5, 0.6) is 5.75 Å². The summed E-state index contributed by atoms with van der Waals surface area (Å²) in [4.78, 5) is 27.8. The Morgan fingerprint density at radius 3 is 2.20 bits per heavy atom. The molecule has 0 atom stereocenters. The van der Waals surface area contributed by atoms with E-state index >= 15 is 0 Å². The number of phenols is 1. The van der Waals surface area contributed by atoms with E-state index < -0.39 is 18.6 Å². The smallest absolute Gasteiger partial charge is 0.407 e. The van der Waals surface area contributed by atoms with Gasteiger partial charge in [0.15, 0.2) is 0 Å². The number of alkyl carbamates (subject to hydrolysis) is 1. The number of rotatable bonds is 6. The van der Waals surface area contributed by atoms with Gasteiger partial charge in [-0.1, -0.05) is 41.5 Å². The number of carboxylic acid groups (broad SMARTS) is 1. The number of ether oxygens (including phenoxy) is 1. The number of carboxylic acids is 1. The summed E-state index contributed by atoms with van der Waals surface area (Å²) in [6.45, 7) is 12.4. The molecule has 0 aromatic heterocycles. The molecule has 3 N–H and O–H groups in total. The maximum atomic E-state index is 11.4. The maximum absolute atomic E-state index is 11.4. The van der Waals surface area contributed by atoms with Gasteiger partial charge in [0.25, 0.3) is 0 Å². The fourth-order valence-electron chi connectivity index (χ4n) is 3.06. The molecule has 0 saturated heterocycles. The summed E-state index contributed by atoms with van der Waals surface area (Å²) < 4.78 is 4.95. The fraction of sp³-hybridized carbons (Fsp3) is 0.545. The van der Waals surface area contributed by atoms with Crippen LogP contribution in [0, 0.1) is 0 Å². The Kier molecular flexibility index (Phi) is 6.90. The van der Waals surface area contributed by atoms with E-state index in [1.54, 1.807) is 5.06 Å². The van der Waals surface area contributed by atoms with E-state index in [4.69, 9.17) is 14.7 Å². The molecule has 0 spiro atoms. The van der Waals surface area contributed by atoms with Gasteiger partial charge >= 0.3 is 12.1 Å². The zero-order valence-corrected chi connectivity index (χ0v) is 18.5. The van der Waals surface area contributed by atoms with Crippen molar-refractivity contribution in [2.24, 2.45) is 0 Å². The second-order valence-corrected chi connectivity index (χ2v) is 9.35. The zero-order valence-electron chi connectivity index (χ0n) is 18.5. The van der Waals surface area contributed by atoms with Gasteiger partial charge in [-0.25, -0.2) is 9.86 Å². The number of hydrogen-bond acceptors (Lipinski definition) is 6. The highest BCUT2D eigenvalue weighted by atomic mass is 16.7. The number of carbonyl (C=O) groups excluding carboxylic acids is 1. The highest BCUT2D eigenvalue weighted by Gasteiger charge is 2.29. The molecular formula is C22H32N2O6. The Morgan fingerprint density at radius 2 is 1.70 bits per heavy atom. The predicted octanol–water partition coefficient (Wildman–Crippen LogP) is 3.82. The van der Waals surface area contributed by atoms with Gasteiger partial charge in [0.2, 0.25) is 0 Å². The standard InChI is InChI=1S/C22H32N2O6/c1-21(2,3)16-11-14(12-17(19(16)27)22(4,5)6)24-9-7-15(30-24)8-10-29-20(28)23-13-18(25)26/h7,11-12,27H,8-10,13H2,1-6H3,(H,23,28)(H,25,26). The number of hydrogen-bond donors (Lipinski definition) is 3. The van der Waals surface area contributed by atoms with E-state index in [0.29, 0.717) is 24.5 Å². The average molecular weight is 421 g/mol. The first-order valence-electron chi connectivity index (χ1n) is 9.94. The van der Waals surface area contributed by atoms with E-state index in [-0.39, 0.29) is 17.4 Å². The first-order valence-corrected chi connectivity index (χ1v) is 9.94. The molecule has 0 radical (unpaired) electrons. The number of amides is 1. The molecule has 0 saturated carbocycles. The van der Waals surface area contributed by atoms with Crippen molar-refractivity contribution in [1.82, 2.24) is 5.32 Å². The van der Waals surface area contributed by atoms with Crippen LogP contribution in [-0.4, -0.2) is 42.0 Å². The number of hydroxylamine groups is 1. The van der Waals surface area contributed by atoms with E-state index in [1.165, 1.54) is 0 Å².